The van der Waals surface area contributed by atoms with Gasteiger partial charge in [-0.05, 0) is 36.6 Å². The molecule has 3 aromatic rings. The lowest BCUT2D eigenvalue weighted by atomic mass is 9.99. The molecule has 176 valence electrons. The van der Waals surface area contributed by atoms with Crippen molar-refractivity contribution in [2.45, 2.75) is 19.3 Å². The Morgan fingerprint density at radius 1 is 1.03 bits per heavy atom. The number of carbonyl (C=O) groups is 2. The number of nitrogens with zero attached hydrogens (tertiary/aromatic N) is 4. The molecule has 0 atom stereocenters. The van der Waals surface area contributed by atoms with E-state index in [1.165, 1.54) is 6.07 Å². The van der Waals surface area contributed by atoms with Crippen LogP contribution in [0.25, 0.3) is 0 Å². The fraction of sp³-hybridized carbons (Fsp3) is 0.348. The van der Waals surface area contributed by atoms with E-state index in [1.807, 2.05) is 0 Å². The minimum atomic E-state index is -0.599. The van der Waals surface area contributed by atoms with E-state index in [9.17, 15) is 18.8 Å². The molecule has 1 fully saturated rings. The monoisotopic (exact) mass is 465 g/mol. The molecule has 5 rings (SSSR count). The van der Waals surface area contributed by atoms with E-state index >= 15 is 0 Å². The summed E-state index contributed by atoms with van der Waals surface area (Å²) in [7, 11) is 0. The third kappa shape index (κ3) is 4.16. The van der Waals surface area contributed by atoms with E-state index in [1.54, 1.807) is 34.2 Å². The summed E-state index contributed by atoms with van der Waals surface area (Å²) in [4.78, 5) is 40.8. The first-order chi connectivity index (χ1) is 16.5. The first kappa shape index (κ1) is 21.8. The van der Waals surface area contributed by atoms with Gasteiger partial charge in [0.25, 0.3) is 17.4 Å². The minimum Gasteiger partial charge on any atom is -0.383 e. The first-order valence-electron chi connectivity index (χ1n) is 11.2. The predicted molar refractivity (Wildman–Crippen MR) is 121 cm³/mol. The van der Waals surface area contributed by atoms with E-state index in [-0.39, 0.29) is 17.0 Å². The summed E-state index contributed by atoms with van der Waals surface area (Å²) < 4.78 is 14.6. The van der Waals surface area contributed by atoms with Gasteiger partial charge in [0.1, 0.15) is 11.5 Å². The normalized spacial score (nSPS) is 15.6. The highest BCUT2D eigenvalue weighted by Gasteiger charge is 2.28. The lowest BCUT2D eigenvalue weighted by Crippen LogP contribution is -2.50. The molecule has 2 aliphatic rings. The number of aromatic nitrogens is 4. The van der Waals surface area contributed by atoms with Crippen LogP contribution in [0.1, 0.15) is 44.1 Å². The Balaban J connectivity index is 1.30. The molecule has 10 nitrogen and oxygen atoms in total. The Morgan fingerprint density at radius 3 is 2.53 bits per heavy atom. The van der Waals surface area contributed by atoms with Crippen LogP contribution in [0.3, 0.4) is 0 Å². The van der Waals surface area contributed by atoms with Crippen molar-refractivity contribution in [1.29, 1.82) is 0 Å². The van der Waals surface area contributed by atoms with Crippen LogP contribution >= 0.6 is 0 Å². The Bertz CT molecular complexity index is 1280. The number of fused-ring (bicyclic) bond motifs is 1. The molecule has 4 heterocycles. The summed E-state index contributed by atoms with van der Waals surface area (Å²) in [5.74, 6) is -1.22. The standard InChI is InChI=1S/C23H24FN7O3/c24-17-4-3-14(13-19-20-15(2-1-6-25-20)21(32)29-28-19)12-16(17)22(33)30-8-10-31(11-9-30)23(34)18-5-7-26-27-18/h3-5,7,12,25H,1-2,6,8-11,13H2,(H,26,27)(H,29,32). The van der Waals surface area contributed by atoms with Crippen LogP contribution in [-0.4, -0.2) is 74.7 Å². The lowest BCUT2D eigenvalue weighted by molar-refractivity contribution is 0.0529. The zero-order valence-electron chi connectivity index (χ0n) is 18.4. The molecule has 2 aromatic heterocycles. The third-order valence-electron chi connectivity index (χ3n) is 6.27. The quantitative estimate of drug-likeness (QED) is 0.531. The largest absolute Gasteiger partial charge is 0.383 e. The number of piperazine rings is 1. The second-order valence-electron chi connectivity index (χ2n) is 8.42. The van der Waals surface area contributed by atoms with E-state index < -0.39 is 11.7 Å². The number of carbonyl (C=O) groups excluding carboxylic acids is 2. The number of H-pyrrole nitrogens is 2. The molecule has 34 heavy (non-hydrogen) atoms. The van der Waals surface area contributed by atoms with Crippen molar-refractivity contribution in [1.82, 2.24) is 30.2 Å². The molecule has 0 radical (unpaired) electrons. The highest BCUT2D eigenvalue weighted by Crippen LogP contribution is 2.24. The van der Waals surface area contributed by atoms with Gasteiger partial charge in [-0.15, -0.1) is 0 Å². The molecular formula is C23H24FN7O3. The Morgan fingerprint density at radius 2 is 1.79 bits per heavy atom. The van der Waals surface area contributed by atoms with Crippen LogP contribution in [0.2, 0.25) is 0 Å². The molecule has 2 aliphatic heterocycles. The van der Waals surface area contributed by atoms with Gasteiger partial charge in [-0.2, -0.15) is 10.2 Å². The van der Waals surface area contributed by atoms with Crippen molar-refractivity contribution < 1.29 is 14.0 Å². The number of aromatic amines is 2. The SMILES string of the molecule is O=C(c1cc[nH]n1)N1CCN(C(=O)c2cc(Cc3n[nH]c(=O)c4c3NCCC4)ccc2F)CC1. The second kappa shape index (κ2) is 9.08. The fourth-order valence-corrected chi connectivity index (χ4v) is 4.45. The molecule has 2 amide bonds. The van der Waals surface area contributed by atoms with Crippen LogP contribution in [-0.2, 0) is 12.8 Å². The Hall–Kier alpha value is -4.02. The maximum atomic E-state index is 14.6. The molecular weight excluding hydrogens is 441 g/mol. The molecule has 3 N–H and O–H groups in total. The Kier molecular flexibility index (Phi) is 5.83. The van der Waals surface area contributed by atoms with Gasteiger partial charge in [-0.1, -0.05) is 6.07 Å². The van der Waals surface area contributed by atoms with Crippen molar-refractivity contribution in [3.05, 3.63) is 74.7 Å². The number of hydrogen-bond acceptors (Lipinski definition) is 6. The average molecular weight is 465 g/mol. The average Bonchev–Trinajstić information content (AvgIpc) is 3.41. The van der Waals surface area contributed by atoms with Gasteiger partial charge in [0.15, 0.2) is 0 Å². The van der Waals surface area contributed by atoms with Crippen LogP contribution in [0, 0.1) is 5.82 Å². The van der Waals surface area contributed by atoms with Crippen LogP contribution < -0.4 is 10.9 Å². The van der Waals surface area contributed by atoms with Gasteiger partial charge in [0.05, 0.1) is 16.9 Å². The molecule has 1 aromatic carbocycles. The first-order valence-corrected chi connectivity index (χ1v) is 11.2. The molecule has 11 heteroatoms. The van der Waals surface area contributed by atoms with Gasteiger partial charge in [-0.25, -0.2) is 9.49 Å². The highest BCUT2D eigenvalue weighted by atomic mass is 19.1. The fourth-order valence-electron chi connectivity index (χ4n) is 4.45. The van der Waals surface area contributed by atoms with Crippen molar-refractivity contribution in [3.8, 4) is 0 Å². The number of benzene rings is 1. The van der Waals surface area contributed by atoms with E-state index in [2.05, 4.69) is 25.7 Å². The van der Waals surface area contributed by atoms with Crippen molar-refractivity contribution >= 4 is 17.5 Å². The summed E-state index contributed by atoms with van der Waals surface area (Å²) in [6.45, 7) is 2.05. The van der Waals surface area contributed by atoms with Gasteiger partial charge in [0, 0.05) is 50.9 Å². The third-order valence-corrected chi connectivity index (χ3v) is 6.27. The van der Waals surface area contributed by atoms with Gasteiger partial charge >= 0.3 is 0 Å². The van der Waals surface area contributed by atoms with Gasteiger partial charge in [0.2, 0.25) is 0 Å². The van der Waals surface area contributed by atoms with Crippen LogP contribution in [0.15, 0.2) is 35.3 Å². The van der Waals surface area contributed by atoms with E-state index in [0.717, 1.165) is 18.7 Å². The summed E-state index contributed by atoms with van der Waals surface area (Å²) >= 11 is 0. The smallest absolute Gasteiger partial charge is 0.274 e. The molecule has 0 bridgehead atoms. The van der Waals surface area contributed by atoms with Crippen molar-refractivity contribution in [2.24, 2.45) is 0 Å². The van der Waals surface area contributed by atoms with Crippen LogP contribution in [0.5, 0.6) is 0 Å². The van der Waals surface area contributed by atoms with E-state index in [0.29, 0.717) is 61.5 Å². The zero-order valence-corrected chi connectivity index (χ0v) is 18.4. The number of anilines is 1. The molecule has 0 unspecified atom stereocenters. The molecule has 1 saturated heterocycles. The summed E-state index contributed by atoms with van der Waals surface area (Å²) in [5.41, 5.74) is 2.88. The van der Waals surface area contributed by atoms with Crippen molar-refractivity contribution in [3.63, 3.8) is 0 Å². The molecule has 0 aliphatic carbocycles. The van der Waals surface area contributed by atoms with Gasteiger partial charge in [-0.3, -0.25) is 19.5 Å². The predicted octanol–water partition coefficient (Wildman–Crippen LogP) is 1.18. The topological polar surface area (TPSA) is 127 Å². The van der Waals surface area contributed by atoms with Crippen molar-refractivity contribution in [2.75, 3.05) is 38.0 Å². The minimum absolute atomic E-state index is 0.0178. The number of halogens is 1. The summed E-state index contributed by atoms with van der Waals surface area (Å²) in [5, 5.41) is 16.5. The zero-order chi connectivity index (χ0) is 23.7. The maximum absolute atomic E-state index is 14.6. The maximum Gasteiger partial charge on any atom is 0.274 e. The summed E-state index contributed by atoms with van der Waals surface area (Å²) in [6, 6.07) is 6.05. The highest BCUT2D eigenvalue weighted by molar-refractivity contribution is 5.95. The van der Waals surface area contributed by atoms with Crippen LogP contribution in [0.4, 0.5) is 10.1 Å². The van der Waals surface area contributed by atoms with Gasteiger partial charge < -0.3 is 15.1 Å². The summed E-state index contributed by atoms with van der Waals surface area (Å²) in [6.07, 6.45) is 3.47. The number of hydrogen-bond donors (Lipinski definition) is 3. The number of rotatable bonds is 4. The Labute approximate surface area is 194 Å². The number of nitrogens with one attached hydrogen (secondary N) is 3. The molecule has 0 saturated carbocycles. The number of amides is 2. The molecule has 0 spiro atoms. The van der Waals surface area contributed by atoms with E-state index in [4.69, 9.17) is 0 Å². The second-order valence-corrected chi connectivity index (χ2v) is 8.42. The lowest BCUT2D eigenvalue weighted by Gasteiger charge is -2.34.